The van der Waals surface area contributed by atoms with Crippen molar-refractivity contribution in [2.75, 3.05) is 31.6 Å². The smallest absolute Gasteiger partial charge is 0.407 e. The third kappa shape index (κ3) is 9.21. The van der Waals surface area contributed by atoms with E-state index in [9.17, 15) is 24.0 Å². The number of fused-ring (bicyclic) bond motifs is 1. The molecule has 0 saturated heterocycles. The second-order valence-electron chi connectivity index (χ2n) is 12.5. The van der Waals surface area contributed by atoms with Crippen LogP contribution in [0.4, 0.5) is 10.5 Å². The van der Waals surface area contributed by atoms with Crippen LogP contribution >= 0.6 is 0 Å². The molecule has 0 aliphatic carbocycles. The number of carbonyl (C=O) groups is 5. The van der Waals surface area contributed by atoms with Crippen molar-refractivity contribution in [3.8, 4) is 0 Å². The van der Waals surface area contributed by atoms with E-state index in [-0.39, 0.29) is 49.9 Å². The van der Waals surface area contributed by atoms with E-state index < -0.39 is 35.7 Å². The number of esters is 1. The monoisotopic (exact) mass is 656 g/mol. The van der Waals surface area contributed by atoms with Crippen molar-refractivity contribution >= 4 is 35.5 Å². The highest BCUT2D eigenvalue weighted by Gasteiger charge is 2.43. The Hall–Kier alpha value is -5.19. The molecule has 0 fully saturated rings. The van der Waals surface area contributed by atoms with Crippen LogP contribution in [-0.4, -0.2) is 67.0 Å². The zero-order valence-electron chi connectivity index (χ0n) is 28.2. The first kappa shape index (κ1) is 35.7. The second-order valence-corrected chi connectivity index (χ2v) is 12.5. The van der Waals surface area contributed by atoms with E-state index >= 15 is 0 Å². The molecule has 1 heterocycles. The first-order valence-corrected chi connectivity index (χ1v) is 16.1. The van der Waals surface area contributed by atoms with E-state index in [2.05, 4.69) is 10.6 Å². The summed E-state index contributed by atoms with van der Waals surface area (Å²) in [4.78, 5) is 69.4. The summed E-state index contributed by atoms with van der Waals surface area (Å²) in [5, 5.41) is 5.38. The van der Waals surface area contributed by atoms with Gasteiger partial charge in [-0.05, 0) is 62.9 Å². The summed E-state index contributed by atoms with van der Waals surface area (Å²) in [5.41, 5.74) is 2.12. The normalized spacial score (nSPS) is 15.2. The van der Waals surface area contributed by atoms with Crippen molar-refractivity contribution < 1.29 is 33.4 Å². The van der Waals surface area contributed by atoms with Crippen molar-refractivity contribution in [3.63, 3.8) is 0 Å². The molecule has 0 bridgehead atoms. The lowest BCUT2D eigenvalue weighted by Gasteiger charge is -2.37. The summed E-state index contributed by atoms with van der Waals surface area (Å²) >= 11 is 0. The predicted molar refractivity (Wildman–Crippen MR) is 181 cm³/mol. The van der Waals surface area contributed by atoms with E-state index in [1.165, 1.54) is 9.80 Å². The molecule has 0 spiro atoms. The predicted octanol–water partition coefficient (Wildman–Crippen LogP) is 5.11. The number of amides is 4. The zero-order chi connectivity index (χ0) is 34.8. The number of benzene rings is 3. The third-order valence-corrected chi connectivity index (χ3v) is 7.79. The first-order valence-electron chi connectivity index (χ1n) is 16.1. The lowest BCUT2D eigenvalue weighted by Crippen LogP contribution is -2.44. The van der Waals surface area contributed by atoms with Gasteiger partial charge < -0.3 is 29.9 Å². The summed E-state index contributed by atoms with van der Waals surface area (Å²) < 4.78 is 10.5. The first-order chi connectivity index (χ1) is 22.9. The fraction of sp³-hybridized carbons (Fsp3) is 0.378. The van der Waals surface area contributed by atoms with Gasteiger partial charge in [0.2, 0.25) is 5.91 Å². The molecule has 11 nitrogen and oxygen atoms in total. The molecule has 11 heteroatoms. The molecular weight excluding hydrogens is 612 g/mol. The van der Waals surface area contributed by atoms with Gasteiger partial charge in [-0.25, -0.2) is 4.79 Å². The number of likely N-dealkylation sites (N-methyl/N-ethyl adjacent to an activating group) is 1. The summed E-state index contributed by atoms with van der Waals surface area (Å²) in [6, 6.07) is 21.6. The molecule has 0 aromatic heterocycles. The van der Waals surface area contributed by atoms with Crippen LogP contribution in [0.1, 0.15) is 79.7 Å². The van der Waals surface area contributed by atoms with E-state index in [4.69, 9.17) is 9.47 Å². The second kappa shape index (κ2) is 16.1. The zero-order valence-corrected chi connectivity index (χ0v) is 28.2. The van der Waals surface area contributed by atoms with Crippen molar-refractivity contribution in [1.82, 2.24) is 15.5 Å². The van der Waals surface area contributed by atoms with Gasteiger partial charge >= 0.3 is 12.1 Å². The van der Waals surface area contributed by atoms with E-state index in [1.54, 1.807) is 65.1 Å². The molecule has 2 atom stereocenters. The standard InChI is InChI=1S/C37H44N4O7/c1-6-47-32(43)24-30(26-13-9-7-10-14-26)41-33(27-15-11-8-12-16-27)35(45)40(5)29-19-17-25(23-28(29)34(41)44)18-20-31(42)38-21-22-39-36(46)48-37(2,3)4/h7-17,19,23,30,33H,6,18,20-22,24H2,1-5H3,(H,38,42)(H,39,46). The highest BCUT2D eigenvalue weighted by molar-refractivity contribution is 6.11. The van der Waals surface area contributed by atoms with Gasteiger partial charge in [-0.2, -0.15) is 0 Å². The molecule has 4 amide bonds. The fourth-order valence-corrected chi connectivity index (χ4v) is 5.60. The molecule has 0 saturated carbocycles. The lowest BCUT2D eigenvalue weighted by atomic mass is 9.95. The van der Waals surface area contributed by atoms with Gasteiger partial charge in [0, 0.05) is 26.6 Å². The lowest BCUT2D eigenvalue weighted by molar-refractivity contribution is -0.145. The summed E-state index contributed by atoms with van der Waals surface area (Å²) in [6.45, 7) is 7.64. The van der Waals surface area contributed by atoms with Gasteiger partial charge in [0.05, 0.1) is 30.3 Å². The highest BCUT2D eigenvalue weighted by atomic mass is 16.6. The topological polar surface area (TPSA) is 134 Å². The number of hydrogen-bond donors (Lipinski definition) is 2. The molecule has 2 N–H and O–H groups in total. The average Bonchev–Trinajstić information content (AvgIpc) is 3.13. The largest absolute Gasteiger partial charge is 0.466 e. The van der Waals surface area contributed by atoms with Crippen molar-refractivity contribution in [2.24, 2.45) is 0 Å². The number of aryl methyl sites for hydroxylation is 1. The minimum absolute atomic E-state index is 0.139. The number of carbonyl (C=O) groups excluding carboxylic acids is 5. The molecule has 4 rings (SSSR count). The Bertz CT molecular complexity index is 1600. The number of nitrogens with one attached hydrogen (secondary N) is 2. The highest BCUT2D eigenvalue weighted by Crippen LogP contribution is 2.41. The van der Waals surface area contributed by atoms with Crippen LogP contribution in [0.25, 0.3) is 0 Å². The summed E-state index contributed by atoms with van der Waals surface area (Å²) in [5.74, 6) is -1.46. The maximum absolute atomic E-state index is 14.7. The van der Waals surface area contributed by atoms with Crippen LogP contribution in [-0.2, 0) is 30.3 Å². The number of anilines is 1. The van der Waals surface area contributed by atoms with E-state index in [1.807, 2.05) is 48.5 Å². The number of alkyl carbamates (subject to hydrolysis) is 1. The SMILES string of the molecule is CCOC(=O)CC(c1ccccc1)N1C(=O)c2cc(CCC(=O)NCCNC(=O)OC(C)(C)C)ccc2N(C)C(=O)C1c1ccccc1. The molecule has 1 aliphatic rings. The van der Waals surface area contributed by atoms with Gasteiger partial charge in [0.25, 0.3) is 11.8 Å². The molecule has 48 heavy (non-hydrogen) atoms. The van der Waals surface area contributed by atoms with Gasteiger partial charge in [-0.1, -0.05) is 66.7 Å². The Labute approximate surface area is 281 Å². The Balaban J connectivity index is 1.61. The fourth-order valence-electron chi connectivity index (χ4n) is 5.60. The minimum atomic E-state index is -1.03. The third-order valence-electron chi connectivity index (χ3n) is 7.79. The number of nitrogens with zero attached hydrogens (tertiary/aromatic N) is 2. The molecule has 254 valence electrons. The van der Waals surface area contributed by atoms with E-state index in [0.717, 1.165) is 5.56 Å². The Morgan fingerprint density at radius 2 is 1.54 bits per heavy atom. The van der Waals surface area contributed by atoms with Gasteiger partial charge in [-0.3, -0.25) is 19.2 Å². The average molecular weight is 657 g/mol. The van der Waals surface area contributed by atoms with Gasteiger partial charge in [-0.15, -0.1) is 0 Å². The summed E-state index contributed by atoms with van der Waals surface area (Å²) in [6.07, 6.45) is -0.242. The molecule has 2 unspecified atom stereocenters. The van der Waals surface area contributed by atoms with Crippen molar-refractivity contribution in [2.45, 2.75) is 64.6 Å². The number of rotatable bonds is 12. The van der Waals surface area contributed by atoms with Crippen LogP contribution in [0.15, 0.2) is 78.9 Å². The number of ether oxygens (including phenoxy) is 2. The van der Waals surface area contributed by atoms with E-state index in [0.29, 0.717) is 23.2 Å². The molecular formula is C37H44N4O7. The van der Waals surface area contributed by atoms with Crippen LogP contribution in [0.5, 0.6) is 0 Å². The Morgan fingerprint density at radius 3 is 2.19 bits per heavy atom. The summed E-state index contributed by atoms with van der Waals surface area (Å²) in [7, 11) is 1.63. The molecule has 0 radical (unpaired) electrons. The van der Waals surface area contributed by atoms with Gasteiger partial charge in [0.1, 0.15) is 11.6 Å². The quantitative estimate of drug-likeness (QED) is 0.204. The molecule has 1 aliphatic heterocycles. The van der Waals surface area contributed by atoms with Gasteiger partial charge in [0.15, 0.2) is 0 Å². The Morgan fingerprint density at radius 1 is 0.896 bits per heavy atom. The number of hydrogen-bond acceptors (Lipinski definition) is 7. The van der Waals surface area contributed by atoms with Crippen LogP contribution in [0, 0.1) is 0 Å². The van der Waals surface area contributed by atoms with Crippen LogP contribution in [0.2, 0.25) is 0 Å². The Kier molecular flexibility index (Phi) is 11.9. The van der Waals surface area contributed by atoms with Crippen LogP contribution in [0.3, 0.4) is 0 Å². The van der Waals surface area contributed by atoms with Crippen molar-refractivity contribution in [1.29, 1.82) is 0 Å². The van der Waals surface area contributed by atoms with Crippen molar-refractivity contribution in [3.05, 3.63) is 101 Å². The molecule has 3 aromatic rings. The van der Waals surface area contributed by atoms with Crippen LogP contribution < -0.4 is 15.5 Å². The maximum Gasteiger partial charge on any atom is 0.407 e. The maximum atomic E-state index is 14.7. The molecule has 3 aromatic carbocycles. The minimum Gasteiger partial charge on any atom is -0.466 e.